The van der Waals surface area contributed by atoms with E-state index in [4.69, 9.17) is 0 Å². The molecule has 1 aromatic rings. The summed E-state index contributed by atoms with van der Waals surface area (Å²) in [4.78, 5) is 16.2. The minimum absolute atomic E-state index is 0.0746. The van der Waals surface area contributed by atoms with Gasteiger partial charge in [-0.2, -0.15) is 0 Å². The van der Waals surface area contributed by atoms with E-state index >= 15 is 0 Å². The van der Waals surface area contributed by atoms with Gasteiger partial charge in [0.2, 0.25) is 5.91 Å². The molecule has 0 aromatic carbocycles. The molecule has 1 amide bonds. The highest BCUT2D eigenvalue weighted by Crippen LogP contribution is 2.23. The largest absolute Gasteiger partial charge is 0.324 e. The number of carbonyl (C=O) groups excluding carboxylic acids is 1. The van der Waals surface area contributed by atoms with E-state index < -0.39 is 0 Å². The lowest BCUT2D eigenvalue weighted by molar-refractivity contribution is -0.116. The van der Waals surface area contributed by atoms with Crippen LogP contribution in [0, 0.1) is 6.92 Å². The summed E-state index contributed by atoms with van der Waals surface area (Å²) in [6.45, 7) is 1.95. The minimum atomic E-state index is 0.0746. The first-order valence-electron chi connectivity index (χ1n) is 6.05. The topological polar surface area (TPSA) is 42.0 Å². The SMILES string of the molecule is CSc1nc(C)ccc1NC(=O)CCCCCBr. The van der Waals surface area contributed by atoms with E-state index in [1.807, 2.05) is 25.3 Å². The number of pyridine rings is 1. The van der Waals surface area contributed by atoms with E-state index in [9.17, 15) is 4.79 Å². The maximum Gasteiger partial charge on any atom is 0.224 e. The Kier molecular flexibility index (Phi) is 7.35. The van der Waals surface area contributed by atoms with Gasteiger partial charge in [0.25, 0.3) is 0 Å². The van der Waals surface area contributed by atoms with Crippen molar-refractivity contribution in [2.45, 2.75) is 37.6 Å². The number of hydrogen-bond acceptors (Lipinski definition) is 3. The number of hydrogen-bond donors (Lipinski definition) is 1. The Labute approximate surface area is 121 Å². The molecule has 0 atom stereocenters. The van der Waals surface area contributed by atoms with Gasteiger partial charge in [0.1, 0.15) is 5.03 Å². The fourth-order valence-electron chi connectivity index (χ4n) is 1.55. The highest BCUT2D eigenvalue weighted by molar-refractivity contribution is 9.09. The van der Waals surface area contributed by atoms with Crippen molar-refractivity contribution in [2.24, 2.45) is 0 Å². The van der Waals surface area contributed by atoms with Gasteiger partial charge in [-0.25, -0.2) is 4.98 Å². The molecule has 0 aliphatic carbocycles. The molecule has 3 nitrogen and oxygen atoms in total. The van der Waals surface area contributed by atoms with Crippen LogP contribution in [-0.2, 0) is 4.79 Å². The Bertz CT molecular complexity index is 399. The number of thioether (sulfide) groups is 1. The van der Waals surface area contributed by atoms with Crippen LogP contribution in [0.2, 0.25) is 0 Å². The monoisotopic (exact) mass is 330 g/mol. The second-order valence-corrected chi connectivity index (χ2v) is 5.65. The lowest BCUT2D eigenvalue weighted by Crippen LogP contribution is -2.12. The molecule has 0 bridgehead atoms. The van der Waals surface area contributed by atoms with Crippen LogP contribution in [0.15, 0.2) is 17.2 Å². The van der Waals surface area contributed by atoms with Crippen molar-refractivity contribution in [1.29, 1.82) is 0 Å². The van der Waals surface area contributed by atoms with Crippen LogP contribution >= 0.6 is 27.7 Å². The van der Waals surface area contributed by atoms with E-state index in [0.717, 1.165) is 41.0 Å². The lowest BCUT2D eigenvalue weighted by atomic mass is 10.2. The summed E-state index contributed by atoms with van der Waals surface area (Å²) in [5.41, 5.74) is 1.79. The van der Waals surface area contributed by atoms with Crippen molar-refractivity contribution in [2.75, 3.05) is 16.9 Å². The standard InChI is InChI=1S/C13H19BrN2OS/c1-10-7-8-11(13(15-10)18-2)16-12(17)6-4-3-5-9-14/h7-8H,3-6,9H2,1-2H3,(H,16,17). The molecule has 0 saturated carbocycles. The molecule has 1 aromatic heterocycles. The van der Waals surface area contributed by atoms with Crippen LogP contribution in [0.25, 0.3) is 0 Å². The Balaban J connectivity index is 2.48. The fraction of sp³-hybridized carbons (Fsp3) is 0.538. The third-order valence-corrected chi connectivity index (χ3v) is 3.76. The highest BCUT2D eigenvalue weighted by atomic mass is 79.9. The number of unbranched alkanes of at least 4 members (excludes halogenated alkanes) is 2. The van der Waals surface area contributed by atoms with Crippen molar-refractivity contribution in [3.63, 3.8) is 0 Å². The van der Waals surface area contributed by atoms with E-state index in [1.54, 1.807) is 11.8 Å². The van der Waals surface area contributed by atoms with Crippen molar-refractivity contribution in [1.82, 2.24) is 4.98 Å². The number of rotatable bonds is 7. The number of alkyl halides is 1. The van der Waals surface area contributed by atoms with E-state index in [1.165, 1.54) is 0 Å². The molecule has 0 aliphatic heterocycles. The predicted octanol–water partition coefficient (Wildman–Crippen LogP) is 4.01. The number of aromatic nitrogens is 1. The van der Waals surface area contributed by atoms with Crippen molar-refractivity contribution in [3.05, 3.63) is 17.8 Å². The average molecular weight is 331 g/mol. The Morgan fingerprint density at radius 1 is 1.39 bits per heavy atom. The van der Waals surface area contributed by atoms with Gasteiger partial charge in [0.05, 0.1) is 5.69 Å². The van der Waals surface area contributed by atoms with Gasteiger partial charge in [-0.05, 0) is 38.2 Å². The van der Waals surface area contributed by atoms with Gasteiger partial charge in [-0.15, -0.1) is 11.8 Å². The van der Waals surface area contributed by atoms with Crippen LogP contribution in [0.4, 0.5) is 5.69 Å². The third-order valence-electron chi connectivity index (χ3n) is 2.50. The molecule has 0 fully saturated rings. The van der Waals surface area contributed by atoms with Gasteiger partial charge >= 0.3 is 0 Å². The van der Waals surface area contributed by atoms with Gasteiger partial charge in [-0.1, -0.05) is 22.4 Å². The zero-order valence-electron chi connectivity index (χ0n) is 10.8. The molecule has 0 spiro atoms. The normalized spacial score (nSPS) is 10.4. The average Bonchev–Trinajstić information content (AvgIpc) is 2.37. The van der Waals surface area contributed by atoms with E-state index in [-0.39, 0.29) is 5.91 Å². The second-order valence-electron chi connectivity index (χ2n) is 4.06. The summed E-state index contributed by atoms with van der Waals surface area (Å²) in [6.07, 6.45) is 5.68. The number of aryl methyl sites for hydroxylation is 1. The maximum atomic E-state index is 11.8. The number of halogens is 1. The Hall–Kier alpha value is -0.550. The summed E-state index contributed by atoms with van der Waals surface area (Å²) in [5, 5.41) is 4.82. The summed E-state index contributed by atoms with van der Waals surface area (Å²) >= 11 is 4.94. The molecule has 18 heavy (non-hydrogen) atoms. The van der Waals surface area contributed by atoms with Crippen molar-refractivity contribution in [3.8, 4) is 0 Å². The lowest BCUT2D eigenvalue weighted by Gasteiger charge is -2.09. The fourth-order valence-corrected chi connectivity index (χ4v) is 2.52. The highest BCUT2D eigenvalue weighted by Gasteiger charge is 2.07. The number of amides is 1. The summed E-state index contributed by atoms with van der Waals surface area (Å²) in [6, 6.07) is 3.84. The molecule has 1 heterocycles. The molecular weight excluding hydrogens is 312 g/mol. The van der Waals surface area contributed by atoms with Crippen LogP contribution in [0.5, 0.6) is 0 Å². The van der Waals surface area contributed by atoms with Crippen LogP contribution in [0.3, 0.4) is 0 Å². The maximum absolute atomic E-state index is 11.8. The zero-order valence-corrected chi connectivity index (χ0v) is 13.2. The minimum Gasteiger partial charge on any atom is -0.324 e. The Morgan fingerprint density at radius 2 is 2.17 bits per heavy atom. The zero-order chi connectivity index (χ0) is 13.4. The van der Waals surface area contributed by atoms with E-state index in [0.29, 0.717) is 6.42 Å². The predicted molar refractivity (Wildman–Crippen MR) is 81.6 cm³/mol. The molecule has 0 radical (unpaired) electrons. The van der Waals surface area contributed by atoms with Gasteiger partial charge in [0, 0.05) is 17.4 Å². The first kappa shape index (κ1) is 15.5. The summed E-state index contributed by atoms with van der Waals surface area (Å²) in [5.74, 6) is 0.0746. The van der Waals surface area contributed by atoms with Gasteiger partial charge in [-0.3, -0.25) is 4.79 Å². The molecule has 0 saturated heterocycles. The first-order valence-corrected chi connectivity index (χ1v) is 8.39. The molecule has 5 heteroatoms. The Morgan fingerprint density at radius 3 is 2.83 bits per heavy atom. The molecular formula is C13H19BrN2OS. The summed E-state index contributed by atoms with van der Waals surface area (Å²) < 4.78 is 0. The van der Waals surface area contributed by atoms with Crippen LogP contribution < -0.4 is 5.32 Å². The van der Waals surface area contributed by atoms with Gasteiger partial charge < -0.3 is 5.32 Å². The third kappa shape index (κ3) is 5.40. The molecule has 0 aliphatic rings. The first-order chi connectivity index (χ1) is 8.67. The molecule has 1 rings (SSSR count). The number of nitrogens with zero attached hydrogens (tertiary/aromatic N) is 1. The number of nitrogens with one attached hydrogen (secondary N) is 1. The van der Waals surface area contributed by atoms with Crippen LogP contribution in [0.1, 0.15) is 31.4 Å². The molecule has 1 N–H and O–H groups in total. The van der Waals surface area contributed by atoms with E-state index in [2.05, 4.69) is 26.2 Å². The van der Waals surface area contributed by atoms with Gasteiger partial charge in [0.15, 0.2) is 0 Å². The van der Waals surface area contributed by atoms with Crippen LogP contribution in [-0.4, -0.2) is 22.5 Å². The number of carbonyl (C=O) groups is 1. The summed E-state index contributed by atoms with van der Waals surface area (Å²) in [7, 11) is 0. The molecule has 0 unspecified atom stereocenters. The second kappa shape index (κ2) is 8.53. The van der Waals surface area contributed by atoms with Crippen molar-refractivity contribution >= 4 is 39.3 Å². The van der Waals surface area contributed by atoms with Crippen molar-refractivity contribution < 1.29 is 4.79 Å². The number of anilines is 1. The smallest absolute Gasteiger partial charge is 0.224 e. The quantitative estimate of drug-likeness (QED) is 0.466. The molecule has 100 valence electrons.